The monoisotopic (exact) mass is 317 g/mol. The molecular weight excluding hydrogens is 294 g/mol. The summed E-state index contributed by atoms with van der Waals surface area (Å²) in [7, 11) is 2.47. The lowest BCUT2D eigenvalue weighted by atomic mass is 9.94. The van der Waals surface area contributed by atoms with E-state index in [1.807, 2.05) is 0 Å². The molecule has 0 aliphatic carbocycles. The van der Waals surface area contributed by atoms with Crippen molar-refractivity contribution in [2.24, 2.45) is 5.92 Å². The molecular formula is C14H23NO7. The lowest BCUT2D eigenvalue weighted by molar-refractivity contribution is -0.165. The third-order valence-electron chi connectivity index (χ3n) is 3.18. The fourth-order valence-electron chi connectivity index (χ4n) is 2.18. The number of hydroxylamine groups is 2. The van der Waals surface area contributed by atoms with E-state index in [2.05, 4.69) is 4.74 Å². The second-order valence-electron chi connectivity index (χ2n) is 6.02. The number of hydrogen-bond acceptors (Lipinski definition) is 7. The van der Waals surface area contributed by atoms with Crippen LogP contribution in [0.2, 0.25) is 0 Å². The highest BCUT2D eigenvalue weighted by molar-refractivity contribution is 5.78. The normalized spacial score (nSPS) is 24.8. The average molecular weight is 317 g/mol. The van der Waals surface area contributed by atoms with Gasteiger partial charge in [-0.3, -0.25) is 14.4 Å². The molecule has 0 radical (unpaired) electrons. The first-order chi connectivity index (χ1) is 10.1. The van der Waals surface area contributed by atoms with Gasteiger partial charge >= 0.3 is 18.0 Å². The summed E-state index contributed by atoms with van der Waals surface area (Å²) in [4.78, 5) is 41.0. The smallest absolute Gasteiger partial charge is 0.434 e. The molecule has 3 atom stereocenters. The van der Waals surface area contributed by atoms with Crippen molar-refractivity contribution in [1.82, 2.24) is 5.06 Å². The Balaban J connectivity index is 2.92. The molecule has 8 heteroatoms. The van der Waals surface area contributed by atoms with E-state index >= 15 is 0 Å². The summed E-state index contributed by atoms with van der Waals surface area (Å²) >= 11 is 0. The van der Waals surface area contributed by atoms with E-state index in [0.717, 1.165) is 5.06 Å². The van der Waals surface area contributed by atoms with E-state index < -0.39 is 41.7 Å². The van der Waals surface area contributed by atoms with E-state index in [0.29, 0.717) is 0 Å². The maximum Gasteiger partial charge on any atom is 0.434 e. The van der Waals surface area contributed by atoms with Crippen LogP contribution in [0.15, 0.2) is 0 Å². The molecule has 1 fully saturated rings. The Labute approximate surface area is 129 Å². The van der Waals surface area contributed by atoms with Crippen LogP contribution in [-0.2, 0) is 28.6 Å². The molecule has 0 spiro atoms. The minimum atomic E-state index is -0.845. The van der Waals surface area contributed by atoms with Crippen molar-refractivity contribution in [3.8, 4) is 0 Å². The van der Waals surface area contributed by atoms with Crippen LogP contribution >= 0.6 is 0 Å². The molecule has 0 aromatic carbocycles. The van der Waals surface area contributed by atoms with E-state index in [-0.39, 0.29) is 6.42 Å². The molecule has 0 bridgehead atoms. The Morgan fingerprint density at radius 3 is 2.18 bits per heavy atom. The highest BCUT2D eigenvalue weighted by Gasteiger charge is 2.50. The minimum absolute atomic E-state index is 0.167. The van der Waals surface area contributed by atoms with Crippen molar-refractivity contribution in [1.29, 1.82) is 0 Å². The van der Waals surface area contributed by atoms with Crippen molar-refractivity contribution in [3.63, 3.8) is 0 Å². The zero-order valence-corrected chi connectivity index (χ0v) is 13.7. The summed E-state index contributed by atoms with van der Waals surface area (Å²) in [6.07, 6.45) is -1.73. The molecule has 126 valence electrons. The number of hydrogen-bond donors (Lipinski definition) is 0. The number of ether oxygens (including phenoxy) is 3. The van der Waals surface area contributed by atoms with Crippen LogP contribution in [0.5, 0.6) is 0 Å². The highest BCUT2D eigenvalue weighted by Crippen LogP contribution is 2.32. The van der Waals surface area contributed by atoms with E-state index in [9.17, 15) is 14.4 Å². The zero-order valence-electron chi connectivity index (χ0n) is 13.7. The Kier molecular flexibility index (Phi) is 5.76. The molecule has 0 aromatic heterocycles. The third kappa shape index (κ3) is 4.33. The molecule has 1 heterocycles. The molecule has 8 nitrogen and oxygen atoms in total. The first-order valence-electron chi connectivity index (χ1n) is 6.94. The molecule has 1 aliphatic rings. The lowest BCUT2D eigenvalue weighted by Gasteiger charge is -2.26. The van der Waals surface area contributed by atoms with Crippen molar-refractivity contribution in [2.75, 3.05) is 14.2 Å². The van der Waals surface area contributed by atoms with Gasteiger partial charge in [-0.05, 0) is 27.7 Å². The largest absolute Gasteiger partial charge is 0.469 e. The molecule has 0 N–H and O–H groups in total. The van der Waals surface area contributed by atoms with Gasteiger partial charge in [0, 0.05) is 0 Å². The van der Waals surface area contributed by atoms with E-state index in [1.54, 1.807) is 27.7 Å². The van der Waals surface area contributed by atoms with Crippen molar-refractivity contribution in [3.05, 3.63) is 0 Å². The van der Waals surface area contributed by atoms with Crippen LogP contribution in [0.4, 0.5) is 4.79 Å². The van der Waals surface area contributed by atoms with Crippen LogP contribution < -0.4 is 0 Å². The predicted molar refractivity (Wildman–Crippen MR) is 74.5 cm³/mol. The van der Waals surface area contributed by atoms with Crippen LogP contribution in [0.3, 0.4) is 0 Å². The van der Waals surface area contributed by atoms with Gasteiger partial charge in [0.2, 0.25) is 0 Å². The van der Waals surface area contributed by atoms with Gasteiger partial charge in [-0.2, -0.15) is 5.06 Å². The predicted octanol–water partition coefficient (Wildman–Crippen LogP) is 1.28. The fourth-order valence-corrected chi connectivity index (χ4v) is 2.18. The number of carbonyl (C=O) groups excluding carboxylic acids is 3. The Morgan fingerprint density at radius 2 is 1.73 bits per heavy atom. The number of nitrogens with zero attached hydrogens (tertiary/aromatic N) is 1. The summed E-state index contributed by atoms with van der Waals surface area (Å²) in [5.41, 5.74) is -0.707. The summed E-state index contributed by atoms with van der Waals surface area (Å²) in [6.45, 7) is 6.78. The van der Waals surface area contributed by atoms with Crippen molar-refractivity contribution >= 4 is 18.0 Å². The van der Waals surface area contributed by atoms with E-state index in [1.165, 1.54) is 14.2 Å². The number of rotatable bonds is 3. The number of esters is 2. The Morgan fingerprint density at radius 1 is 1.14 bits per heavy atom. The second-order valence-corrected chi connectivity index (χ2v) is 6.02. The second kappa shape index (κ2) is 6.95. The van der Waals surface area contributed by atoms with Crippen LogP contribution in [0.25, 0.3) is 0 Å². The van der Waals surface area contributed by atoms with Gasteiger partial charge < -0.3 is 14.2 Å². The van der Waals surface area contributed by atoms with Gasteiger partial charge in [-0.15, -0.1) is 0 Å². The summed E-state index contributed by atoms with van der Waals surface area (Å²) in [5.74, 6) is -1.90. The van der Waals surface area contributed by atoms with Crippen LogP contribution in [-0.4, -0.2) is 55.1 Å². The zero-order chi connectivity index (χ0) is 17.1. The SMILES string of the molecule is COC(=O)C[C@@H]1ON(C(=O)OC(C)(C)C)[C@H](C)[C@H]1C(=O)OC. The van der Waals surface area contributed by atoms with Crippen molar-refractivity contribution in [2.45, 2.75) is 51.9 Å². The maximum atomic E-state index is 12.1. The van der Waals surface area contributed by atoms with Crippen molar-refractivity contribution < 1.29 is 33.4 Å². The molecule has 1 aliphatic heterocycles. The molecule has 0 saturated carbocycles. The lowest BCUT2D eigenvalue weighted by Crippen LogP contribution is -2.40. The molecule has 0 aromatic rings. The maximum absolute atomic E-state index is 12.1. The molecule has 22 heavy (non-hydrogen) atoms. The fraction of sp³-hybridized carbons (Fsp3) is 0.786. The van der Waals surface area contributed by atoms with E-state index in [4.69, 9.17) is 14.3 Å². The summed E-state index contributed by atoms with van der Waals surface area (Å²) < 4.78 is 14.5. The highest BCUT2D eigenvalue weighted by atomic mass is 16.7. The van der Waals surface area contributed by atoms with Gasteiger partial charge in [0.1, 0.15) is 17.6 Å². The first kappa shape index (κ1) is 18.2. The Hall–Kier alpha value is -1.83. The Bertz CT molecular complexity index is 443. The molecule has 1 saturated heterocycles. The van der Waals surface area contributed by atoms with Gasteiger partial charge in [0.25, 0.3) is 0 Å². The van der Waals surface area contributed by atoms with Gasteiger partial charge in [0.05, 0.1) is 26.7 Å². The summed E-state index contributed by atoms with van der Waals surface area (Å²) in [6, 6.07) is -0.628. The quantitative estimate of drug-likeness (QED) is 0.572. The van der Waals surface area contributed by atoms with Crippen LogP contribution in [0.1, 0.15) is 34.1 Å². The van der Waals surface area contributed by atoms with Crippen LogP contribution in [0, 0.1) is 5.92 Å². The molecule has 1 amide bonds. The number of amides is 1. The third-order valence-corrected chi connectivity index (χ3v) is 3.18. The summed E-state index contributed by atoms with van der Waals surface area (Å²) in [5, 5.41) is 0.973. The average Bonchev–Trinajstić information content (AvgIpc) is 2.72. The topological polar surface area (TPSA) is 91.4 Å². The molecule has 0 unspecified atom stereocenters. The number of methoxy groups -OCH3 is 2. The molecule has 1 rings (SSSR count). The van der Waals surface area contributed by atoms with Gasteiger partial charge in [-0.25, -0.2) is 4.79 Å². The minimum Gasteiger partial charge on any atom is -0.469 e. The van der Waals surface area contributed by atoms with Gasteiger partial charge in [0.15, 0.2) is 0 Å². The van der Waals surface area contributed by atoms with Gasteiger partial charge in [-0.1, -0.05) is 0 Å². The first-order valence-corrected chi connectivity index (χ1v) is 6.94. The standard InChI is InChI=1S/C14H23NO7/c1-8-11(12(17)20-6)9(7-10(16)19-5)22-15(8)13(18)21-14(2,3)4/h8-9,11H,7H2,1-6H3/t8-,9+,11-/m1/s1. The number of carbonyl (C=O) groups is 3.